The van der Waals surface area contributed by atoms with Crippen LogP contribution in [0, 0.1) is 0 Å². The Morgan fingerprint density at radius 1 is 0.484 bits per heavy atom. The van der Waals surface area contributed by atoms with Gasteiger partial charge >= 0.3 is 11.9 Å². The van der Waals surface area contributed by atoms with Crippen molar-refractivity contribution in [3.8, 4) is 0 Å². The van der Waals surface area contributed by atoms with Crippen molar-refractivity contribution in [1.82, 2.24) is 40.9 Å². The molecule has 17 N–H and O–H groups in total. The normalized spacial score (nSPS) is 21.0. The van der Waals surface area contributed by atoms with E-state index in [-0.39, 0.29) is 57.8 Å². The number of carboxylic acid groups (broad SMARTS) is 1. The number of nitrogens with two attached hydrogens (primary N) is 6. The van der Waals surface area contributed by atoms with Gasteiger partial charge < -0.3 is 85.1 Å². The maximum atomic E-state index is 14.1. The van der Waals surface area contributed by atoms with Crippen molar-refractivity contribution in [2.75, 3.05) is 59.5 Å². The zero-order valence-electron chi connectivity index (χ0n) is 54.3. The lowest BCUT2D eigenvalue weighted by atomic mass is 10.0. The van der Waals surface area contributed by atoms with Gasteiger partial charge in [-0.2, -0.15) is 0 Å². The Balaban J connectivity index is 0.000000269. The van der Waals surface area contributed by atoms with E-state index in [2.05, 4.69) is 21.3 Å². The first kappa shape index (κ1) is 73.7. The number of nitrogens with zero attached hydrogens (tertiary/aromatic N) is 4. The van der Waals surface area contributed by atoms with Crippen molar-refractivity contribution in [3.05, 3.63) is 144 Å². The summed E-state index contributed by atoms with van der Waals surface area (Å²) in [6.45, 7) is 1.69. The number of benzene rings is 4. The molecule has 4 fully saturated rings. The van der Waals surface area contributed by atoms with Gasteiger partial charge in [-0.1, -0.05) is 121 Å². The van der Waals surface area contributed by atoms with Gasteiger partial charge in [0.15, 0.2) is 0 Å². The summed E-state index contributed by atoms with van der Waals surface area (Å²) < 4.78 is 4.84. The highest BCUT2D eigenvalue weighted by Crippen LogP contribution is 2.26. The summed E-state index contributed by atoms with van der Waals surface area (Å²) in [5, 5.41) is 21.0. The molecule has 0 bridgehead atoms. The summed E-state index contributed by atoms with van der Waals surface area (Å²) in [6.07, 6.45) is 6.37. The van der Waals surface area contributed by atoms with E-state index in [4.69, 9.17) is 39.1 Å². The third kappa shape index (κ3) is 20.7. The Labute approximate surface area is 555 Å². The molecule has 0 saturated carbocycles. The van der Waals surface area contributed by atoms with Crippen LogP contribution in [0.4, 0.5) is 0 Å². The van der Waals surface area contributed by atoms with Crippen LogP contribution in [0.25, 0.3) is 0 Å². The van der Waals surface area contributed by atoms with Gasteiger partial charge in [0.25, 0.3) is 0 Å². The largest absolute Gasteiger partial charge is 0.480 e. The van der Waals surface area contributed by atoms with Crippen LogP contribution in [-0.2, 0) is 78.4 Å². The van der Waals surface area contributed by atoms with Gasteiger partial charge in [-0.05, 0) is 125 Å². The molecule has 26 heteroatoms. The molecular formula is C69H96N14O12. The van der Waals surface area contributed by atoms with Crippen LogP contribution >= 0.6 is 0 Å². The van der Waals surface area contributed by atoms with Gasteiger partial charge in [0.2, 0.25) is 47.3 Å². The number of carbonyl (C=O) groups is 10. The molecule has 8 amide bonds. The number of nitrogens with one attached hydrogen (secondary N) is 4. The predicted octanol–water partition coefficient (Wildman–Crippen LogP) is -0.105. The van der Waals surface area contributed by atoms with Crippen molar-refractivity contribution in [1.29, 1.82) is 0 Å². The van der Waals surface area contributed by atoms with Crippen molar-refractivity contribution in [2.45, 2.75) is 162 Å². The molecule has 4 aromatic rings. The van der Waals surface area contributed by atoms with E-state index in [0.29, 0.717) is 103 Å². The van der Waals surface area contributed by atoms with Gasteiger partial charge in [-0.15, -0.1) is 0 Å². The summed E-state index contributed by atoms with van der Waals surface area (Å²) in [5.41, 5.74) is 36.7. The summed E-state index contributed by atoms with van der Waals surface area (Å²) in [6, 6.07) is 30.1. The predicted molar refractivity (Wildman–Crippen MR) is 355 cm³/mol. The van der Waals surface area contributed by atoms with E-state index in [1.807, 2.05) is 121 Å². The number of aliphatic carboxylic acids is 1. The molecule has 0 aromatic heterocycles. The zero-order valence-corrected chi connectivity index (χ0v) is 54.3. The number of amides is 8. The number of rotatable bonds is 30. The topological polar surface area (TPSA) is 417 Å². The Bertz CT molecular complexity index is 3230. The third-order valence-corrected chi connectivity index (χ3v) is 18.1. The molecular weight excluding hydrogens is 1220 g/mol. The SMILES string of the molecule is COC(=O)C1(N)CCN(C(=O)[C@@H](CCCCN)NC(=O)[C@H]2CCCN2C(=O)[C@@H](Cc2ccccc2)NC(=O)[C@H](N)Cc2ccccc2)C1.NCCCC[C@@H](NC(=O)[C@H]1CCCN1C(=O)[C@@H](Cc1ccccc1)NC(=O)[C@H](N)Cc1ccccc1)C(=O)N1CCC(N)(C(=O)O)C1. The molecule has 26 nitrogen and oxygen atoms in total. The molecule has 8 rings (SSSR count). The minimum atomic E-state index is -1.54. The summed E-state index contributed by atoms with van der Waals surface area (Å²) in [5.74, 6) is -5.23. The third-order valence-electron chi connectivity index (χ3n) is 18.1. The number of likely N-dealkylation sites (tertiary alicyclic amines) is 4. The Morgan fingerprint density at radius 3 is 1.17 bits per heavy atom. The second-order valence-electron chi connectivity index (χ2n) is 25.3. The van der Waals surface area contributed by atoms with E-state index in [0.717, 1.165) is 22.3 Å². The highest BCUT2D eigenvalue weighted by atomic mass is 16.5. The van der Waals surface area contributed by atoms with Crippen LogP contribution in [0.3, 0.4) is 0 Å². The molecule has 4 aliphatic rings. The van der Waals surface area contributed by atoms with Crippen LogP contribution in [0.15, 0.2) is 121 Å². The number of esters is 1. The van der Waals surface area contributed by atoms with Gasteiger partial charge in [0.1, 0.15) is 47.3 Å². The fourth-order valence-electron chi connectivity index (χ4n) is 12.6. The molecule has 0 radical (unpaired) electrons. The Kier molecular flexibility index (Phi) is 27.7. The molecule has 10 atom stereocenters. The van der Waals surface area contributed by atoms with Gasteiger partial charge in [-0.25, -0.2) is 4.79 Å². The van der Waals surface area contributed by atoms with Crippen molar-refractivity contribution in [3.63, 3.8) is 0 Å². The quantitative estimate of drug-likeness (QED) is 0.0240. The van der Waals surface area contributed by atoms with E-state index < -0.39 is 113 Å². The summed E-state index contributed by atoms with van der Waals surface area (Å²) in [4.78, 5) is 139. The number of carbonyl (C=O) groups excluding carboxylic acids is 9. The van der Waals surface area contributed by atoms with Gasteiger partial charge in [0, 0.05) is 52.1 Å². The average molecular weight is 1310 g/mol. The molecule has 4 saturated heterocycles. The second kappa shape index (κ2) is 35.7. The standard InChI is InChI=1S/C35H49N7O6.C34H47N7O6/c1-48-34(47)35(38)17-20-41(23-35)32(45)27(15-8-9-18-36)39-31(44)29-16-10-19-42(29)33(46)28(22-25-13-6-3-7-14-25)40-30(43)26(37)21-24-11-4-2-5-12-24;35-17-8-7-14-26(31(44)40-19-16-34(37,22-40)33(46)47)38-30(43)28-15-9-18-41(28)32(45)27(21-24-12-5-2-6-13-24)39-29(42)25(36)20-23-10-3-1-4-11-23/h2-7,11-14,26-29H,8-10,15-23,36-38H2,1H3,(H,39,44)(H,40,43);1-6,10-13,25-28H,7-9,14-22,35-37H2,(H,38,43)(H,39,42)(H,46,47)/t26-,27-,28-,29-,35?;25-,26-,27-,28-,34?/m11/s1. The van der Waals surface area contributed by atoms with Crippen molar-refractivity contribution in [2.24, 2.45) is 34.4 Å². The second-order valence-corrected chi connectivity index (χ2v) is 25.3. The van der Waals surface area contributed by atoms with E-state index in [1.165, 1.54) is 26.7 Å². The maximum Gasteiger partial charge on any atom is 0.327 e. The fraction of sp³-hybridized carbons (Fsp3) is 0.507. The van der Waals surface area contributed by atoms with E-state index in [9.17, 15) is 53.1 Å². The van der Waals surface area contributed by atoms with E-state index >= 15 is 0 Å². The molecule has 4 aromatic carbocycles. The Hall–Kier alpha value is -8.66. The molecule has 4 heterocycles. The molecule has 95 heavy (non-hydrogen) atoms. The first-order chi connectivity index (χ1) is 45.6. The highest BCUT2D eigenvalue weighted by Gasteiger charge is 2.48. The molecule has 0 aliphatic carbocycles. The van der Waals surface area contributed by atoms with Gasteiger partial charge in [-0.3, -0.25) is 43.2 Å². The van der Waals surface area contributed by atoms with Crippen LogP contribution < -0.4 is 55.7 Å². The summed E-state index contributed by atoms with van der Waals surface area (Å²) in [7, 11) is 1.25. The monoisotopic (exact) mass is 1310 g/mol. The number of hydrogen-bond donors (Lipinski definition) is 11. The maximum absolute atomic E-state index is 14.1. The minimum absolute atomic E-state index is 0.0247. The number of hydrogen-bond acceptors (Lipinski definition) is 17. The lowest BCUT2D eigenvalue weighted by molar-refractivity contribution is -0.147. The number of ether oxygens (including phenoxy) is 1. The highest BCUT2D eigenvalue weighted by molar-refractivity contribution is 5.97. The molecule has 514 valence electrons. The van der Waals surface area contributed by atoms with E-state index in [1.54, 1.807) is 0 Å². The minimum Gasteiger partial charge on any atom is -0.480 e. The molecule has 4 aliphatic heterocycles. The molecule has 2 unspecified atom stereocenters. The van der Waals surface area contributed by atoms with Crippen LogP contribution in [0.2, 0.25) is 0 Å². The smallest absolute Gasteiger partial charge is 0.327 e. The van der Waals surface area contributed by atoms with Gasteiger partial charge in [0.05, 0.1) is 19.2 Å². The van der Waals surface area contributed by atoms with Crippen LogP contribution in [0.5, 0.6) is 0 Å². The number of carboxylic acids is 1. The van der Waals surface area contributed by atoms with Crippen LogP contribution in [-0.4, -0.2) is 203 Å². The molecule has 0 spiro atoms. The van der Waals surface area contributed by atoms with Crippen molar-refractivity contribution < 1.29 is 57.8 Å². The van der Waals surface area contributed by atoms with Crippen LogP contribution in [0.1, 0.15) is 99.3 Å². The summed E-state index contributed by atoms with van der Waals surface area (Å²) >= 11 is 0. The Morgan fingerprint density at radius 2 is 0.832 bits per heavy atom. The number of methoxy groups -OCH3 is 1. The first-order valence-corrected chi connectivity index (χ1v) is 32.9. The van der Waals surface area contributed by atoms with Crippen molar-refractivity contribution >= 4 is 59.2 Å². The fourth-order valence-corrected chi connectivity index (χ4v) is 12.6. The first-order valence-electron chi connectivity index (χ1n) is 32.9. The zero-order chi connectivity index (χ0) is 68.7. The number of unbranched alkanes of at least 4 members (excludes halogenated alkanes) is 2. The lowest BCUT2D eigenvalue weighted by Gasteiger charge is -2.31. The average Bonchev–Trinajstić information content (AvgIpc) is 1.72. The lowest BCUT2D eigenvalue weighted by Crippen LogP contribution is -2.58.